The Morgan fingerprint density at radius 1 is 1.33 bits per heavy atom. The quantitative estimate of drug-likeness (QED) is 0.750. The van der Waals surface area contributed by atoms with Gasteiger partial charge in [0.2, 0.25) is 0 Å². The highest BCUT2D eigenvalue weighted by atomic mass is 32.2. The minimum absolute atomic E-state index is 0.0259. The number of nitrogens with one attached hydrogen (secondary N) is 1. The molecular weight excluding hydrogens is 258 g/mol. The zero-order valence-electron chi connectivity index (χ0n) is 11.0. The summed E-state index contributed by atoms with van der Waals surface area (Å²) in [6.45, 7) is 5.63. The summed E-state index contributed by atoms with van der Waals surface area (Å²) in [6.07, 6.45) is 0.224. The number of piperidine rings is 1. The Hall–Kier alpha value is -0.860. The molecule has 0 aromatic heterocycles. The normalized spacial score (nSPS) is 19.6. The topological polar surface area (TPSA) is 102 Å². The molecule has 0 radical (unpaired) electrons. The molecule has 8 heteroatoms. The molecule has 0 aliphatic carbocycles. The Morgan fingerprint density at radius 3 is 2.28 bits per heavy atom. The second kappa shape index (κ2) is 5.41. The molecule has 0 aromatic carbocycles. The van der Waals surface area contributed by atoms with Crippen LogP contribution in [0.1, 0.15) is 33.6 Å². The molecule has 7 nitrogen and oxygen atoms in total. The summed E-state index contributed by atoms with van der Waals surface area (Å²) in [5, 5.41) is 0. The molecule has 1 amide bonds. The smallest absolute Gasteiger partial charge is 0.422 e. The Kier molecular flexibility index (Phi) is 4.57. The molecule has 0 atom stereocenters. The molecule has 1 aliphatic rings. The van der Waals surface area contributed by atoms with Gasteiger partial charge in [0.15, 0.2) is 0 Å². The van der Waals surface area contributed by atoms with Crippen LogP contribution in [0.15, 0.2) is 0 Å². The molecule has 1 heterocycles. The minimum Gasteiger partial charge on any atom is -0.443 e. The summed E-state index contributed by atoms with van der Waals surface area (Å²) in [5.74, 6) is 0. The molecular formula is C10H21N3O4S. The Bertz CT molecular complexity index is 394. The average Bonchev–Trinajstić information content (AvgIpc) is 2.13. The summed E-state index contributed by atoms with van der Waals surface area (Å²) in [6, 6.07) is 0.0259. The molecule has 0 aromatic rings. The first-order valence-electron chi connectivity index (χ1n) is 5.86. The molecule has 1 aliphatic heterocycles. The third-order valence-corrected chi connectivity index (χ3v) is 3.92. The van der Waals surface area contributed by atoms with Crippen molar-refractivity contribution in [3.05, 3.63) is 0 Å². The highest BCUT2D eigenvalue weighted by molar-refractivity contribution is 7.87. The first-order valence-corrected chi connectivity index (χ1v) is 7.30. The third kappa shape index (κ3) is 4.79. The molecule has 3 N–H and O–H groups in total. The van der Waals surface area contributed by atoms with Gasteiger partial charge in [0.1, 0.15) is 5.60 Å². The van der Waals surface area contributed by atoms with Gasteiger partial charge in [-0.3, -0.25) is 0 Å². The van der Waals surface area contributed by atoms with Crippen LogP contribution in [0.2, 0.25) is 0 Å². The van der Waals surface area contributed by atoms with E-state index >= 15 is 0 Å². The number of carbonyl (C=O) groups is 1. The molecule has 18 heavy (non-hydrogen) atoms. The monoisotopic (exact) mass is 279 g/mol. The summed E-state index contributed by atoms with van der Waals surface area (Å²) < 4.78 is 31.7. The van der Waals surface area contributed by atoms with Crippen molar-refractivity contribution in [2.24, 2.45) is 5.73 Å². The second-order valence-electron chi connectivity index (χ2n) is 5.35. The van der Waals surface area contributed by atoms with Crippen molar-refractivity contribution < 1.29 is 17.9 Å². The highest BCUT2D eigenvalue weighted by Crippen LogP contribution is 2.12. The SMILES string of the molecule is CC(C)(C)OC(=O)NS(=O)(=O)N1CCC(N)CC1. The lowest BCUT2D eigenvalue weighted by atomic mass is 10.1. The fraction of sp³-hybridized carbons (Fsp3) is 0.900. The van der Waals surface area contributed by atoms with Crippen molar-refractivity contribution in [2.75, 3.05) is 13.1 Å². The summed E-state index contributed by atoms with van der Waals surface area (Å²) in [7, 11) is -3.83. The fourth-order valence-corrected chi connectivity index (χ4v) is 2.66. The lowest BCUT2D eigenvalue weighted by Gasteiger charge is -2.29. The van der Waals surface area contributed by atoms with Crippen molar-refractivity contribution in [1.82, 2.24) is 9.03 Å². The van der Waals surface area contributed by atoms with Crippen LogP contribution in [0.3, 0.4) is 0 Å². The van der Waals surface area contributed by atoms with Gasteiger partial charge in [-0.05, 0) is 33.6 Å². The molecule has 0 unspecified atom stereocenters. The zero-order valence-corrected chi connectivity index (χ0v) is 11.8. The minimum atomic E-state index is -3.83. The van der Waals surface area contributed by atoms with Crippen molar-refractivity contribution in [2.45, 2.75) is 45.3 Å². The Morgan fingerprint density at radius 2 is 1.83 bits per heavy atom. The third-order valence-electron chi connectivity index (χ3n) is 2.45. The number of nitrogens with zero attached hydrogens (tertiary/aromatic N) is 1. The standard InChI is InChI=1S/C10H21N3O4S/c1-10(2,3)17-9(14)12-18(15,16)13-6-4-8(11)5-7-13/h8H,4-7,11H2,1-3H3,(H,12,14). The van der Waals surface area contributed by atoms with Crippen LogP contribution >= 0.6 is 0 Å². The van der Waals surface area contributed by atoms with E-state index < -0.39 is 21.9 Å². The van der Waals surface area contributed by atoms with Crippen LogP contribution in [-0.2, 0) is 14.9 Å². The van der Waals surface area contributed by atoms with Gasteiger partial charge in [0, 0.05) is 19.1 Å². The maximum absolute atomic E-state index is 11.9. The van der Waals surface area contributed by atoms with Gasteiger partial charge in [-0.15, -0.1) is 0 Å². The van der Waals surface area contributed by atoms with E-state index in [1.807, 2.05) is 4.72 Å². The van der Waals surface area contributed by atoms with Crippen molar-refractivity contribution in [1.29, 1.82) is 0 Å². The van der Waals surface area contributed by atoms with Gasteiger partial charge in [0.25, 0.3) is 0 Å². The number of hydrogen-bond acceptors (Lipinski definition) is 5. The van der Waals surface area contributed by atoms with Crippen LogP contribution in [0.4, 0.5) is 4.79 Å². The van der Waals surface area contributed by atoms with Crippen molar-refractivity contribution >= 4 is 16.3 Å². The lowest BCUT2D eigenvalue weighted by Crippen LogP contribution is -2.49. The van der Waals surface area contributed by atoms with E-state index in [1.54, 1.807) is 20.8 Å². The van der Waals surface area contributed by atoms with Gasteiger partial charge in [-0.2, -0.15) is 12.7 Å². The fourth-order valence-electron chi connectivity index (χ4n) is 1.58. The largest absolute Gasteiger partial charge is 0.443 e. The number of carbonyl (C=O) groups excluding carboxylic acids is 1. The summed E-state index contributed by atoms with van der Waals surface area (Å²) in [5.41, 5.74) is 4.96. The molecule has 0 saturated carbocycles. The maximum atomic E-state index is 11.9. The lowest BCUT2D eigenvalue weighted by molar-refractivity contribution is 0.0566. The van der Waals surface area contributed by atoms with Crippen LogP contribution < -0.4 is 10.5 Å². The molecule has 0 spiro atoms. The predicted molar refractivity (Wildman–Crippen MR) is 67.1 cm³/mol. The molecule has 1 rings (SSSR count). The van der Waals surface area contributed by atoms with E-state index in [2.05, 4.69) is 0 Å². The van der Waals surface area contributed by atoms with E-state index in [9.17, 15) is 13.2 Å². The predicted octanol–water partition coefficient (Wildman–Crippen LogP) is 0.179. The Balaban J connectivity index is 2.57. The maximum Gasteiger partial charge on any atom is 0.422 e. The van der Waals surface area contributed by atoms with Crippen LogP contribution in [0.25, 0.3) is 0 Å². The number of amides is 1. The molecule has 1 fully saturated rings. The van der Waals surface area contributed by atoms with Gasteiger partial charge < -0.3 is 10.5 Å². The van der Waals surface area contributed by atoms with Gasteiger partial charge in [-0.25, -0.2) is 9.52 Å². The zero-order chi connectivity index (χ0) is 14.0. The second-order valence-corrected chi connectivity index (χ2v) is 7.02. The molecule has 0 bridgehead atoms. The first-order chi connectivity index (χ1) is 8.10. The number of nitrogens with two attached hydrogens (primary N) is 1. The van der Waals surface area contributed by atoms with E-state index in [0.29, 0.717) is 25.9 Å². The summed E-state index contributed by atoms with van der Waals surface area (Å²) >= 11 is 0. The van der Waals surface area contributed by atoms with E-state index in [1.165, 1.54) is 4.31 Å². The van der Waals surface area contributed by atoms with E-state index in [4.69, 9.17) is 10.5 Å². The number of rotatable bonds is 2. The molecule has 1 saturated heterocycles. The van der Waals surface area contributed by atoms with Crippen LogP contribution in [0.5, 0.6) is 0 Å². The average molecular weight is 279 g/mol. The van der Waals surface area contributed by atoms with Crippen LogP contribution in [-0.4, -0.2) is 43.5 Å². The molecule has 106 valence electrons. The van der Waals surface area contributed by atoms with Crippen LogP contribution in [0, 0.1) is 0 Å². The van der Waals surface area contributed by atoms with E-state index in [0.717, 1.165) is 0 Å². The Labute approximate surface area is 108 Å². The van der Waals surface area contributed by atoms with Crippen molar-refractivity contribution in [3.8, 4) is 0 Å². The van der Waals surface area contributed by atoms with Crippen molar-refractivity contribution in [3.63, 3.8) is 0 Å². The first kappa shape index (κ1) is 15.2. The number of hydrogen-bond donors (Lipinski definition) is 2. The summed E-state index contributed by atoms with van der Waals surface area (Å²) in [4.78, 5) is 11.4. The highest BCUT2D eigenvalue weighted by Gasteiger charge is 2.29. The van der Waals surface area contributed by atoms with Gasteiger partial charge in [0.05, 0.1) is 0 Å². The van der Waals surface area contributed by atoms with Gasteiger partial charge >= 0.3 is 16.3 Å². The van der Waals surface area contributed by atoms with E-state index in [-0.39, 0.29) is 6.04 Å². The number of ether oxygens (including phenoxy) is 1. The van der Waals surface area contributed by atoms with Gasteiger partial charge in [-0.1, -0.05) is 0 Å².